The molecule has 2 rings (SSSR count). The highest BCUT2D eigenvalue weighted by atomic mass is 16.6. The third kappa shape index (κ3) is 2.98. The van der Waals surface area contributed by atoms with Crippen LogP contribution in [0, 0.1) is 0 Å². The Bertz CT molecular complexity index is 296. The molecule has 1 aliphatic rings. The number of aromatic nitrogens is 3. The van der Waals surface area contributed by atoms with Crippen LogP contribution in [0.15, 0.2) is 6.33 Å². The summed E-state index contributed by atoms with van der Waals surface area (Å²) in [5, 5.41) is 11.1. The fraction of sp³-hybridized carbons (Fsp3) is 0.778. The van der Waals surface area contributed by atoms with Gasteiger partial charge in [0.15, 0.2) is 0 Å². The van der Waals surface area contributed by atoms with E-state index < -0.39 is 0 Å². The monoisotopic (exact) mass is 212 g/mol. The zero-order valence-corrected chi connectivity index (χ0v) is 8.85. The first-order valence-electron chi connectivity index (χ1n) is 5.09. The molecule has 6 nitrogen and oxygen atoms in total. The van der Waals surface area contributed by atoms with Crippen LogP contribution < -0.4 is 5.32 Å². The predicted octanol–water partition coefficient (Wildman–Crippen LogP) is -0.680. The van der Waals surface area contributed by atoms with Gasteiger partial charge in [0, 0.05) is 13.6 Å². The van der Waals surface area contributed by atoms with Crippen molar-refractivity contribution in [2.75, 3.05) is 26.4 Å². The molecule has 2 heterocycles. The van der Waals surface area contributed by atoms with Crippen LogP contribution in [0.4, 0.5) is 0 Å². The molecule has 6 heteroatoms. The van der Waals surface area contributed by atoms with E-state index in [1.165, 1.54) is 0 Å². The molecule has 15 heavy (non-hydrogen) atoms. The van der Waals surface area contributed by atoms with Crippen LogP contribution >= 0.6 is 0 Å². The molecular weight excluding hydrogens is 196 g/mol. The largest absolute Gasteiger partial charge is 0.376 e. The molecule has 0 amide bonds. The molecule has 0 bridgehead atoms. The van der Waals surface area contributed by atoms with Crippen molar-refractivity contribution in [1.29, 1.82) is 0 Å². The van der Waals surface area contributed by atoms with E-state index >= 15 is 0 Å². The lowest BCUT2D eigenvalue weighted by atomic mass is 10.3. The minimum absolute atomic E-state index is 0.159. The SMILES string of the molecule is Cn1cnnc1CNCC1COCCO1. The van der Waals surface area contributed by atoms with Gasteiger partial charge in [0.2, 0.25) is 0 Å². The highest BCUT2D eigenvalue weighted by Crippen LogP contribution is 1.99. The summed E-state index contributed by atoms with van der Waals surface area (Å²) in [6.07, 6.45) is 1.85. The molecule has 1 aliphatic heterocycles. The van der Waals surface area contributed by atoms with E-state index in [4.69, 9.17) is 9.47 Å². The van der Waals surface area contributed by atoms with Crippen molar-refractivity contribution < 1.29 is 9.47 Å². The molecule has 1 unspecified atom stereocenters. The lowest BCUT2D eigenvalue weighted by Crippen LogP contribution is -2.37. The van der Waals surface area contributed by atoms with Crippen molar-refractivity contribution in [2.24, 2.45) is 7.05 Å². The van der Waals surface area contributed by atoms with Crippen LogP contribution in [0.5, 0.6) is 0 Å². The van der Waals surface area contributed by atoms with Crippen molar-refractivity contribution in [3.63, 3.8) is 0 Å². The Hall–Kier alpha value is -0.980. The summed E-state index contributed by atoms with van der Waals surface area (Å²) in [4.78, 5) is 0. The van der Waals surface area contributed by atoms with Crippen molar-refractivity contribution in [3.05, 3.63) is 12.2 Å². The van der Waals surface area contributed by atoms with Gasteiger partial charge in [-0.1, -0.05) is 0 Å². The molecule has 0 aliphatic carbocycles. The third-order valence-corrected chi connectivity index (χ3v) is 2.35. The molecule has 1 saturated heterocycles. The van der Waals surface area contributed by atoms with E-state index in [2.05, 4.69) is 15.5 Å². The van der Waals surface area contributed by atoms with E-state index in [1.54, 1.807) is 6.33 Å². The van der Waals surface area contributed by atoms with Gasteiger partial charge in [-0.25, -0.2) is 0 Å². The van der Waals surface area contributed by atoms with Crippen LogP contribution in [0.25, 0.3) is 0 Å². The van der Waals surface area contributed by atoms with Crippen LogP contribution in [0.2, 0.25) is 0 Å². The molecule has 1 fully saturated rings. The Labute approximate surface area is 88.6 Å². The number of aryl methyl sites for hydroxylation is 1. The standard InChI is InChI=1S/C9H16N4O2/c1-13-7-11-12-9(13)5-10-4-8-6-14-2-3-15-8/h7-8,10H,2-6H2,1H3. The van der Waals surface area contributed by atoms with Crippen molar-refractivity contribution in [3.8, 4) is 0 Å². The maximum Gasteiger partial charge on any atom is 0.146 e. The summed E-state index contributed by atoms with van der Waals surface area (Å²) in [6, 6.07) is 0. The van der Waals surface area contributed by atoms with Gasteiger partial charge in [-0.3, -0.25) is 0 Å². The van der Waals surface area contributed by atoms with Crippen LogP contribution in [0.1, 0.15) is 5.82 Å². The number of nitrogens with one attached hydrogen (secondary N) is 1. The zero-order valence-electron chi connectivity index (χ0n) is 8.85. The second-order valence-electron chi connectivity index (χ2n) is 3.56. The predicted molar refractivity (Wildman–Crippen MR) is 53.3 cm³/mol. The molecule has 1 aromatic rings. The van der Waals surface area contributed by atoms with Gasteiger partial charge in [-0.15, -0.1) is 10.2 Å². The van der Waals surface area contributed by atoms with E-state index in [-0.39, 0.29) is 6.10 Å². The van der Waals surface area contributed by atoms with Crippen molar-refractivity contribution >= 4 is 0 Å². The maximum absolute atomic E-state index is 5.50. The first-order chi connectivity index (χ1) is 7.36. The van der Waals surface area contributed by atoms with Gasteiger partial charge in [0.05, 0.1) is 32.5 Å². The third-order valence-electron chi connectivity index (χ3n) is 2.35. The summed E-state index contributed by atoms with van der Waals surface area (Å²) in [6.45, 7) is 3.56. The normalized spacial score (nSPS) is 21.8. The number of rotatable bonds is 4. The number of nitrogens with zero attached hydrogens (tertiary/aromatic N) is 3. The number of ether oxygens (including phenoxy) is 2. The maximum atomic E-state index is 5.50. The highest BCUT2D eigenvalue weighted by molar-refractivity contribution is 4.83. The van der Waals surface area contributed by atoms with Crippen LogP contribution in [-0.4, -0.2) is 47.2 Å². The zero-order chi connectivity index (χ0) is 10.5. The number of hydrogen-bond acceptors (Lipinski definition) is 5. The Morgan fingerprint density at radius 2 is 2.53 bits per heavy atom. The smallest absolute Gasteiger partial charge is 0.146 e. The van der Waals surface area contributed by atoms with Gasteiger partial charge >= 0.3 is 0 Å². The van der Waals surface area contributed by atoms with Gasteiger partial charge in [-0.2, -0.15) is 0 Å². The second kappa shape index (κ2) is 5.20. The fourth-order valence-electron chi connectivity index (χ4n) is 1.47. The number of hydrogen-bond donors (Lipinski definition) is 1. The molecular formula is C9H16N4O2. The average molecular weight is 212 g/mol. The first kappa shape index (κ1) is 10.5. The summed E-state index contributed by atoms with van der Waals surface area (Å²) in [5.74, 6) is 0.923. The van der Waals surface area contributed by atoms with E-state index in [0.29, 0.717) is 26.4 Å². The molecule has 0 spiro atoms. The topological polar surface area (TPSA) is 61.2 Å². The fourth-order valence-corrected chi connectivity index (χ4v) is 1.47. The average Bonchev–Trinajstić information content (AvgIpc) is 2.66. The van der Waals surface area contributed by atoms with Gasteiger partial charge in [0.1, 0.15) is 12.2 Å². The molecule has 1 atom stereocenters. The molecule has 0 radical (unpaired) electrons. The van der Waals surface area contributed by atoms with E-state index in [0.717, 1.165) is 12.4 Å². The molecule has 1 N–H and O–H groups in total. The van der Waals surface area contributed by atoms with Gasteiger partial charge in [0.25, 0.3) is 0 Å². The van der Waals surface area contributed by atoms with E-state index in [9.17, 15) is 0 Å². The Morgan fingerprint density at radius 1 is 1.60 bits per heavy atom. The molecule has 84 valence electrons. The first-order valence-corrected chi connectivity index (χ1v) is 5.09. The van der Waals surface area contributed by atoms with Crippen LogP contribution in [0.3, 0.4) is 0 Å². The minimum atomic E-state index is 0.159. The highest BCUT2D eigenvalue weighted by Gasteiger charge is 2.13. The molecule has 0 aromatic carbocycles. The Kier molecular flexibility index (Phi) is 3.65. The summed E-state index contributed by atoms with van der Waals surface area (Å²) >= 11 is 0. The summed E-state index contributed by atoms with van der Waals surface area (Å²) in [5.41, 5.74) is 0. The van der Waals surface area contributed by atoms with E-state index in [1.807, 2.05) is 11.6 Å². The Balaban J connectivity index is 1.68. The second-order valence-corrected chi connectivity index (χ2v) is 3.56. The summed E-state index contributed by atoms with van der Waals surface area (Å²) in [7, 11) is 1.93. The van der Waals surface area contributed by atoms with Crippen molar-refractivity contribution in [2.45, 2.75) is 12.6 Å². The lowest BCUT2D eigenvalue weighted by molar-refractivity contribution is -0.0865. The minimum Gasteiger partial charge on any atom is -0.376 e. The molecule has 0 saturated carbocycles. The van der Waals surface area contributed by atoms with Gasteiger partial charge < -0.3 is 19.4 Å². The molecule has 1 aromatic heterocycles. The van der Waals surface area contributed by atoms with Crippen LogP contribution in [-0.2, 0) is 23.1 Å². The lowest BCUT2D eigenvalue weighted by Gasteiger charge is -2.22. The Morgan fingerprint density at radius 3 is 3.20 bits per heavy atom. The van der Waals surface area contributed by atoms with Crippen molar-refractivity contribution in [1.82, 2.24) is 20.1 Å². The summed E-state index contributed by atoms with van der Waals surface area (Å²) < 4.78 is 12.7. The quantitative estimate of drug-likeness (QED) is 0.716. The van der Waals surface area contributed by atoms with Gasteiger partial charge in [-0.05, 0) is 0 Å².